The summed E-state index contributed by atoms with van der Waals surface area (Å²) in [5.41, 5.74) is 3.87. The molecule has 0 aliphatic rings. The largest absolute Gasteiger partial charge is 0.394 e. The van der Waals surface area contributed by atoms with Crippen molar-refractivity contribution in [1.29, 1.82) is 0 Å². The van der Waals surface area contributed by atoms with Crippen LogP contribution in [0.5, 0.6) is 0 Å². The van der Waals surface area contributed by atoms with E-state index in [2.05, 4.69) is 33.6 Å². The maximum Gasteiger partial charge on any atom is 0.150 e. The molecule has 0 spiro atoms. The summed E-state index contributed by atoms with van der Waals surface area (Å²) in [4.78, 5) is 9.04. The summed E-state index contributed by atoms with van der Waals surface area (Å²) in [7, 11) is 0. The second-order valence-corrected chi connectivity index (χ2v) is 7.04. The minimum absolute atomic E-state index is 0.0422. The summed E-state index contributed by atoms with van der Waals surface area (Å²) in [5.74, 6) is 0.720. The van der Waals surface area contributed by atoms with Crippen molar-refractivity contribution in [3.8, 4) is 16.8 Å². The molecule has 2 aromatic heterocycles. The number of fused-ring (bicyclic) bond motifs is 1. The van der Waals surface area contributed by atoms with E-state index >= 15 is 0 Å². The Morgan fingerprint density at radius 2 is 1.82 bits per heavy atom. The van der Waals surface area contributed by atoms with Gasteiger partial charge in [0.05, 0.1) is 18.0 Å². The van der Waals surface area contributed by atoms with Gasteiger partial charge in [0.1, 0.15) is 12.1 Å². The van der Waals surface area contributed by atoms with Crippen LogP contribution in [0.1, 0.15) is 13.3 Å². The molecule has 0 saturated carbocycles. The lowest BCUT2D eigenvalue weighted by Crippen LogP contribution is -2.23. The zero-order chi connectivity index (χ0) is 19.5. The number of aliphatic hydroxyl groups excluding tert-OH is 1. The third-order valence-corrected chi connectivity index (χ3v) is 5.08. The molecule has 0 saturated heterocycles. The molecule has 0 radical (unpaired) electrons. The molecule has 1 atom stereocenters. The number of aromatic nitrogens is 3. The Balaban J connectivity index is 1.96. The Kier molecular flexibility index (Phi) is 5.28. The SMILES string of the molecule is CCC(CO)Nc1ncnc2c1c(-c1ccccc1)cn2-c1ccc(Cl)cc1. The molecule has 0 aliphatic carbocycles. The van der Waals surface area contributed by atoms with Crippen molar-refractivity contribution < 1.29 is 5.11 Å². The quantitative estimate of drug-likeness (QED) is 0.488. The van der Waals surface area contributed by atoms with Gasteiger partial charge in [-0.2, -0.15) is 0 Å². The minimum Gasteiger partial charge on any atom is -0.394 e. The molecule has 2 aromatic carbocycles. The van der Waals surface area contributed by atoms with Crippen LogP contribution < -0.4 is 5.32 Å². The number of benzene rings is 2. The number of rotatable bonds is 6. The van der Waals surface area contributed by atoms with E-state index in [0.29, 0.717) is 5.02 Å². The van der Waals surface area contributed by atoms with Crippen LogP contribution in [0.25, 0.3) is 27.8 Å². The van der Waals surface area contributed by atoms with E-state index in [1.807, 2.05) is 54.0 Å². The first-order chi connectivity index (χ1) is 13.7. The van der Waals surface area contributed by atoms with E-state index < -0.39 is 0 Å². The van der Waals surface area contributed by atoms with Crippen molar-refractivity contribution in [2.75, 3.05) is 11.9 Å². The Bertz CT molecular complexity index is 1070. The third kappa shape index (κ3) is 3.46. The van der Waals surface area contributed by atoms with Gasteiger partial charge in [-0.25, -0.2) is 9.97 Å². The normalized spacial score (nSPS) is 12.2. The zero-order valence-electron chi connectivity index (χ0n) is 15.5. The molecule has 0 bridgehead atoms. The van der Waals surface area contributed by atoms with Gasteiger partial charge < -0.3 is 15.0 Å². The van der Waals surface area contributed by atoms with Gasteiger partial charge in [-0.1, -0.05) is 48.9 Å². The molecule has 1 unspecified atom stereocenters. The first-order valence-corrected chi connectivity index (χ1v) is 9.64. The van der Waals surface area contributed by atoms with Gasteiger partial charge in [-0.3, -0.25) is 0 Å². The molecule has 0 amide bonds. The highest BCUT2D eigenvalue weighted by Gasteiger charge is 2.18. The molecule has 0 fully saturated rings. The van der Waals surface area contributed by atoms with Crippen LogP contribution in [0.3, 0.4) is 0 Å². The van der Waals surface area contributed by atoms with Crippen molar-refractivity contribution in [3.63, 3.8) is 0 Å². The number of aliphatic hydroxyl groups is 1. The van der Waals surface area contributed by atoms with Gasteiger partial charge in [-0.15, -0.1) is 0 Å². The van der Waals surface area contributed by atoms with Crippen molar-refractivity contribution >= 4 is 28.5 Å². The maximum absolute atomic E-state index is 9.63. The van der Waals surface area contributed by atoms with E-state index in [-0.39, 0.29) is 12.6 Å². The van der Waals surface area contributed by atoms with E-state index in [1.54, 1.807) is 6.33 Å². The monoisotopic (exact) mass is 392 g/mol. The van der Waals surface area contributed by atoms with Gasteiger partial charge in [0.15, 0.2) is 5.65 Å². The Labute approximate surface area is 168 Å². The van der Waals surface area contributed by atoms with Gasteiger partial charge in [0, 0.05) is 22.5 Å². The highest BCUT2D eigenvalue weighted by Crippen LogP contribution is 2.35. The highest BCUT2D eigenvalue weighted by molar-refractivity contribution is 6.30. The van der Waals surface area contributed by atoms with Gasteiger partial charge in [0.2, 0.25) is 0 Å². The average Bonchev–Trinajstić information content (AvgIpc) is 3.14. The summed E-state index contributed by atoms with van der Waals surface area (Å²) in [6, 6.07) is 17.8. The Morgan fingerprint density at radius 3 is 2.50 bits per heavy atom. The third-order valence-electron chi connectivity index (χ3n) is 4.83. The Hall–Kier alpha value is -2.89. The fourth-order valence-corrected chi connectivity index (χ4v) is 3.40. The molecule has 2 N–H and O–H groups in total. The molecule has 4 aromatic rings. The van der Waals surface area contributed by atoms with Crippen LogP contribution in [0.2, 0.25) is 5.02 Å². The molecule has 4 rings (SSSR count). The first kappa shape index (κ1) is 18.5. The lowest BCUT2D eigenvalue weighted by atomic mass is 10.1. The van der Waals surface area contributed by atoms with Crippen LogP contribution in [-0.4, -0.2) is 32.3 Å². The number of nitrogens with zero attached hydrogens (tertiary/aromatic N) is 3. The highest BCUT2D eigenvalue weighted by atomic mass is 35.5. The van der Waals surface area contributed by atoms with Gasteiger partial charge in [0.25, 0.3) is 0 Å². The summed E-state index contributed by atoms with van der Waals surface area (Å²) >= 11 is 6.06. The minimum atomic E-state index is -0.0689. The van der Waals surface area contributed by atoms with Crippen molar-refractivity contribution in [2.24, 2.45) is 0 Å². The standard InChI is InChI=1S/C22H21ClN4O/c1-2-17(13-28)26-21-20-19(15-6-4-3-5-7-15)12-27(22(20)25-14-24-21)18-10-8-16(23)9-11-18/h3-12,14,17,28H,2,13H2,1H3,(H,24,25,26). The van der Waals surface area contributed by atoms with Crippen LogP contribution in [0.15, 0.2) is 67.1 Å². The van der Waals surface area contributed by atoms with Crippen LogP contribution in [-0.2, 0) is 0 Å². The summed E-state index contributed by atoms with van der Waals surface area (Å²) < 4.78 is 2.04. The van der Waals surface area contributed by atoms with Crippen LogP contribution >= 0.6 is 11.6 Å². The fourth-order valence-electron chi connectivity index (χ4n) is 3.28. The van der Waals surface area contributed by atoms with Gasteiger partial charge in [-0.05, 0) is 36.2 Å². The number of halogens is 1. The van der Waals surface area contributed by atoms with Crippen molar-refractivity contribution in [2.45, 2.75) is 19.4 Å². The number of nitrogens with one attached hydrogen (secondary N) is 1. The van der Waals surface area contributed by atoms with Gasteiger partial charge >= 0.3 is 0 Å². The van der Waals surface area contributed by atoms with Crippen LogP contribution in [0, 0.1) is 0 Å². The summed E-state index contributed by atoms with van der Waals surface area (Å²) in [6.45, 7) is 2.07. The maximum atomic E-state index is 9.63. The lowest BCUT2D eigenvalue weighted by Gasteiger charge is -2.16. The van der Waals surface area contributed by atoms with Crippen molar-refractivity contribution in [1.82, 2.24) is 14.5 Å². The summed E-state index contributed by atoms with van der Waals surface area (Å²) in [6.07, 6.45) is 4.42. The fraction of sp³-hybridized carbons (Fsp3) is 0.182. The lowest BCUT2D eigenvalue weighted by molar-refractivity contribution is 0.271. The molecular weight excluding hydrogens is 372 g/mol. The van der Waals surface area contributed by atoms with E-state index in [0.717, 1.165) is 40.1 Å². The second kappa shape index (κ2) is 8.00. The van der Waals surface area contributed by atoms with Crippen LogP contribution in [0.4, 0.5) is 5.82 Å². The van der Waals surface area contributed by atoms with E-state index in [4.69, 9.17) is 11.6 Å². The second-order valence-electron chi connectivity index (χ2n) is 6.61. The van der Waals surface area contributed by atoms with E-state index in [9.17, 15) is 5.11 Å². The average molecular weight is 393 g/mol. The molecule has 5 nitrogen and oxygen atoms in total. The van der Waals surface area contributed by atoms with Crippen molar-refractivity contribution in [3.05, 3.63) is 72.1 Å². The number of hydrogen-bond acceptors (Lipinski definition) is 4. The number of anilines is 1. The Morgan fingerprint density at radius 1 is 1.07 bits per heavy atom. The zero-order valence-corrected chi connectivity index (χ0v) is 16.3. The summed E-state index contributed by atoms with van der Waals surface area (Å²) in [5, 5.41) is 14.6. The smallest absolute Gasteiger partial charge is 0.150 e. The topological polar surface area (TPSA) is 63.0 Å². The first-order valence-electron chi connectivity index (χ1n) is 9.26. The molecular formula is C22H21ClN4O. The number of hydrogen-bond donors (Lipinski definition) is 2. The predicted molar refractivity (Wildman–Crippen MR) is 114 cm³/mol. The predicted octanol–water partition coefficient (Wildman–Crippen LogP) is 4.92. The molecule has 0 aliphatic heterocycles. The molecule has 142 valence electrons. The van der Waals surface area contributed by atoms with E-state index in [1.165, 1.54) is 0 Å². The molecule has 2 heterocycles. The molecule has 28 heavy (non-hydrogen) atoms. The molecule has 6 heteroatoms.